The molecule has 0 radical (unpaired) electrons. The van der Waals surface area contributed by atoms with Crippen molar-refractivity contribution >= 4 is 11.4 Å². The maximum atomic E-state index is 5.18. The Morgan fingerprint density at radius 1 is 0.578 bits per heavy atom. The Morgan fingerprint density at radius 2 is 1.09 bits per heavy atom. The molecule has 1 aliphatic rings. The van der Waals surface area contributed by atoms with E-state index in [2.05, 4.69) is 174 Å². The fraction of sp³-hybridized carbons (Fsp3) is 0.143. The van der Waals surface area contributed by atoms with Crippen molar-refractivity contribution in [3.8, 4) is 33.6 Å². The van der Waals surface area contributed by atoms with Crippen LogP contribution in [0.1, 0.15) is 43.4 Å². The summed E-state index contributed by atoms with van der Waals surface area (Å²) >= 11 is 0. The molecule has 1 atom stereocenters. The highest BCUT2D eigenvalue weighted by Crippen LogP contribution is 2.38. The molecule has 0 N–H and O–H groups in total. The fourth-order valence-corrected chi connectivity index (χ4v) is 6.34. The molecular weight excluding hydrogens is 546 g/mol. The van der Waals surface area contributed by atoms with Gasteiger partial charge >= 0.3 is 0 Å². The zero-order chi connectivity index (χ0) is 30.4. The topological polar surface area (TPSA) is 19.5 Å². The Morgan fingerprint density at radius 3 is 1.62 bits per heavy atom. The highest BCUT2D eigenvalue weighted by atomic mass is 15.5. The van der Waals surface area contributed by atoms with Gasteiger partial charge in [0.25, 0.3) is 0 Å². The molecule has 3 heteroatoms. The highest BCUT2D eigenvalue weighted by molar-refractivity contribution is 6.03. The highest BCUT2D eigenvalue weighted by Gasteiger charge is 2.30. The largest absolute Gasteiger partial charge is 0.257 e. The van der Waals surface area contributed by atoms with Crippen molar-refractivity contribution in [2.24, 2.45) is 5.10 Å². The van der Waals surface area contributed by atoms with E-state index < -0.39 is 0 Å². The summed E-state index contributed by atoms with van der Waals surface area (Å²) in [5, 5.41) is 7.39. The van der Waals surface area contributed by atoms with E-state index in [0.29, 0.717) is 0 Å². The summed E-state index contributed by atoms with van der Waals surface area (Å²) in [5.41, 5.74) is 12.0. The predicted octanol–water partition coefficient (Wildman–Crippen LogP) is 10.1. The Balaban J connectivity index is 1.31. The molecule has 0 spiro atoms. The minimum atomic E-state index is 0.149. The second-order valence-corrected chi connectivity index (χ2v) is 11.7. The molecule has 45 heavy (non-hydrogen) atoms. The van der Waals surface area contributed by atoms with Crippen molar-refractivity contribution in [1.82, 2.24) is 0 Å². The maximum absolute atomic E-state index is 5.18. The van der Waals surface area contributed by atoms with E-state index in [1.165, 1.54) is 44.8 Å². The third-order valence-electron chi connectivity index (χ3n) is 8.71. The first-order valence-corrected chi connectivity index (χ1v) is 16.0. The fourth-order valence-electron chi connectivity index (χ4n) is 6.34. The van der Waals surface area contributed by atoms with E-state index in [4.69, 9.17) is 5.10 Å². The third kappa shape index (κ3) is 6.07. The second-order valence-electron chi connectivity index (χ2n) is 11.7. The summed E-state index contributed by atoms with van der Waals surface area (Å²) in [7, 11) is 0. The zero-order valence-corrected chi connectivity index (χ0v) is 25.8. The summed E-state index contributed by atoms with van der Waals surface area (Å²) in [6.07, 6.45) is 3.14. The first-order chi connectivity index (χ1) is 22.3. The molecule has 0 aliphatic carbocycles. The second kappa shape index (κ2) is 13.2. The molecule has 0 fully saturated rings. The summed E-state index contributed by atoms with van der Waals surface area (Å²) in [5.74, 6) is 0. The van der Waals surface area contributed by atoms with Crippen LogP contribution in [0.25, 0.3) is 33.6 Å². The van der Waals surface area contributed by atoms with Crippen LogP contribution in [0.15, 0.2) is 163 Å². The van der Waals surface area contributed by atoms with Crippen molar-refractivity contribution < 1.29 is 4.57 Å². The van der Waals surface area contributed by atoms with E-state index in [9.17, 15) is 0 Å². The van der Waals surface area contributed by atoms with Crippen LogP contribution < -0.4 is 9.58 Å². The van der Waals surface area contributed by atoms with E-state index in [-0.39, 0.29) is 6.04 Å². The van der Waals surface area contributed by atoms with Crippen molar-refractivity contribution in [2.75, 3.05) is 5.01 Å². The number of rotatable bonds is 9. The molecule has 1 aliphatic heterocycles. The van der Waals surface area contributed by atoms with Gasteiger partial charge in [-0.25, -0.2) is 0 Å². The number of unbranched alkanes of at least 4 members (excludes halogenated alkanes) is 1. The van der Waals surface area contributed by atoms with Crippen LogP contribution in [0.3, 0.4) is 0 Å². The monoisotopic (exact) mass is 584 g/mol. The Labute approximate surface area is 266 Å². The molecule has 2 heterocycles. The quantitative estimate of drug-likeness (QED) is 0.155. The number of nitrogens with zero attached hydrogens (tertiary/aromatic N) is 3. The van der Waals surface area contributed by atoms with Gasteiger partial charge in [-0.3, -0.25) is 5.01 Å². The lowest BCUT2D eigenvalue weighted by Crippen LogP contribution is -2.39. The number of pyridine rings is 1. The number of hydrogen-bond acceptors (Lipinski definition) is 2. The van der Waals surface area contributed by atoms with E-state index in [1.54, 1.807) is 0 Å². The first-order valence-electron chi connectivity index (χ1n) is 16.0. The predicted molar refractivity (Wildman–Crippen MR) is 187 cm³/mol. The molecule has 0 bridgehead atoms. The lowest BCUT2D eigenvalue weighted by atomic mass is 9.97. The molecule has 3 nitrogen and oxygen atoms in total. The van der Waals surface area contributed by atoms with Crippen LogP contribution in [-0.4, -0.2) is 5.71 Å². The van der Waals surface area contributed by atoms with E-state index in [1.807, 2.05) is 0 Å². The Kier molecular flexibility index (Phi) is 8.33. The summed E-state index contributed by atoms with van der Waals surface area (Å²) in [4.78, 5) is 0. The van der Waals surface area contributed by atoms with Gasteiger partial charge in [0.1, 0.15) is 6.54 Å². The van der Waals surface area contributed by atoms with Crippen molar-refractivity contribution in [2.45, 2.75) is 38.8 Å². The first kappa shape index (κ1) is 28.5. The van der Waals surface area contributed by atoms with Crippen LogP contribution in [0, 0.1) is 0 Å². The van der Waals surface area contributed by atoms with Gasteiger partial charge in [-0.2, -0.15) is 9.67 Å². The molecular formula is C42H38N3+. The minimum Gasteiger partial charge on any atom is -0.257 e. The van der Waals surface area contributed by atoms with Gasteiger partial charge in [0, 0.05) is 36.1 Å². The average molecular weight is 585 g/mol. The molecule has 0 amide bonds. The van der Waals surface area contributed by atoms with Gasteiger partial charge < -0.3 is 0 Å². The lowest BCUT2D eigenvalue weighted by Gasteiger charge is -2.24. The van der Waals surface area contributed by atoms with Crippen molar-refractivity contribution in [3.05, 3.63) is 169 Å². The molecule has 1 aromatic heterocycles. The van der Waals surface area contributed by atoms with Crippen LogP contribution >= 0.6 is 0 Å². The average Bonchev–Trinajstić information content (AvgIpc) is 3.58. The summed E-state index contributed by atoms with van der Waals surface area (Å²) in [6, 6.07) is 56.7. The van der Waals surface area contributed by atoms with Gasteiger partial charge in [-0.05, 0) is 58.7 Å². The van der Waals surface area contributed by atoms with Crippen molar-refractivity contribution in [3.63, 3.8) is 0 Å². The number of aromatic nitrogens is 1. The SMILES string of the molecule is CCCC[n+]1c(-c2ccccc2)cc(-c2ccc(N3N=C(c4ccccc4)C[C@H]3c3ccccc3)cc2)cc1-c1ccccc1. The van der Waals surface area contributed by atoms with Gasteiger partial charge in [-0.1, -0.05) is 123 Å². The van der Waals surface area contributed by atoms with E-state index >= 15 is 0 Å². The molecule has 0 unspecified atom stereocenters. The smallest absolute Gasteiger partial charge is 0.213 e. The molecule has 6 aromatic rings. The zero-order valence-electron chi connectivity index (χ0n) is 25.8. The maximum Gasteiger partial charge on any atom is 0.213 e. The van der Waals surface area contributed by atoms with Gasteiger partial charge in [-0.15, -0.1) is 0 Å². The third-order valence-corrected chi connectivity index (χ3v) is 8.71. The van der Waals surface area contributed by atoms with E-state index in [0.717, 1.165) is 37.2 Å². The van der Waals surface area contributed by atoms with Gasteiger partial charge in [0.05, 0.1) is 17.4 Å². The van der Waals surface area contributed by atoms with Crippen LogP contribution in [0.2, 0.25) is 0 Å². The minimum absolute atomic E-state index is 0.149. The van der Waals surface area contributed by atoms with Crippen molar-refractivity contribution in [1.29, 1.82) is 0 Å². The van der Waals surface area contributed by atoms with Gasteiger partial charge in [0.2, 0.25) is 11.4 Å². The van der Waals surface area contributed by atoms with Crippen LogP contribution in [0.5, 0.6) is 0 Å². The molecule has 0 saturated carbocycles. The molecule has 5 aromatic carbocycles. The number of anilines is 1. The number of hydrogen-bond donors (Lipinski definition) is 0. The van der Waals surface area contributed by atoms with Crippen LogP contribution in [0.4, 0.5) is 5.69 Å². The van der Waals surface area contributed by atoms with Crippen LogP contribution in [-0.2, 0) is 6.54 Å². The molecule has 7 rings (SSSR count). The normalized spacial score (nSPS) is 14.4. The Hall–Kier alpha value is -5.28. The standard InChI is InChI=1S/C42H38N3/c1-2-3-28-44-40(34-18-10-5-11-19-34)29-37(30-41(44)35-20-12-6-13-21-35)32-24-26-38(27-25-32)45-42(36-22-14-7-15-23-36)31-39(43-45)33-16-8-4-9-17-33/h4-27,29-30,42H,2-3,28,31H2,1H3/q+1/t42-/m0/s1. The lowest BCUT2D eigenvalue weighted by molar-refractivity contribution is -0.675. The molecule has 220 valence electrons. The molecule has 0 saturated heterocycles. The summed E-state index contributed by atoms with van der Waals surface area (Å²) < 4.78 is 2.50. The number of benzene rings is 5. The Bertz CT molecular complexity index is 1820. The van der Waals surface area contributed by atoms with Gasteiger partial charge in [0.15, 0.2) is 0 Å². The number of hydrazone groups is 1. The summed E-state index contributed by atoms with van der Waals surface area (Å²) in [6.45, 7) is 3.23.